The average Bonchev–Trinajstić information content (AvgIpc) is 2.99. The zero-order valence-corrected chi connectivity index (χ0v) is 18.7. The highest BCUT2D eigenvalue weighted by molar-refractivity contribution is 7.92. The Morgan fingerprint density at radius 3 is 2.33 bits per heavy atom. The molecule has 0 spiro atoms. The first-order valence-corrected chi connectivity index (χ1v) is 11.1. The molecule has 8 nitrogen and oxygen atoms in total. The molecule has 1 amide bonds. The number of benzene rings is 2. The monoisotopic (exact) mass is 482 g/mol. The SMILES string of the molecule is Cc1c(N(C)S(=O)(=O)c2cccc(C(=O)NCC(F)(F)F)c2)c(=O)n(-c2ccccc2)n1C. The van der Waals surface area contributed by atoms with E-state index >= 15 is 0 Å². The summed E-state index contributed by atoms with van der Waals surface area (Å²) in [7, 11) is -1.51. The van der Waals surface area contributed by atoms with Gasteiger partial charge in [-0.1, -0.05) is 24.3 Å². The van der Waals surface area contributed by atoms with Crippen molar-refractivity contribution in [2.45, 2.75) is 18.0 Å². The highest BCUT2D eigenvalue weighted by Crippen LogP contribution is 2.24. The van der Waals surface area contributed by atoms with Crippen molar-refractivity contribution in [2.75, 3.05) is 17.9 Å². The number of hydrogen-bond donors (Lipinski definition) is 1. The van der Waals surface area contributed by atoms with Crippen LogP contribution in [0.1, 0.15) is 16.1 Å². The summed E-state index contributed by atoms with van der Waals surface area (Å²) in [6, 6.07) is 13.2. The van der Waals surface area contributed by atoms with E-state index in [1.165, 1.54) is 34.6 Å². The molecule has 3 aromatic rings. The van der Waals surface area contributed by atoms with Crippen LogP contribution in [-0.2, 0) is 17.1 Å². The van der Waals surface area contributed by atoms with Gasteiger partial charge in [-0.25, -0.2) is 13.1 Å². The highest BCUT2D eigenvalue weighted by atomic mass is 32.2. The number of amides is 1. The quantitative estimate of drug-likeness (QED) is 0.585. The topological polar surface area (TPSA) is 93.4 Å². The maximum absolute atomic E-state index is 13.2. The minimum absolute atomic E-state index is 0.103. The molecule has 0 aliphatic heterocycles. The number of para-hydroxylation sites is 1. The smallest absolute Gasteiger partial charge is 0.343 e. The lowest BCUT2D eigenvalue weighted by Crippen LogP contribution is -2.34. The van der Waals surface area contributed by atoms with Crippen LogP contribution in [0.4, 0.5) is 18.9 Å². The number of rotatable bonds is 6. The van der Waals surface area contributed by atoms with Crippen LogP contribution in [0.5, 0.6) is 0 Å². The van der Waals surface area contributed by atoms with E-state index < -0.39 is 34.2 Å². The third kappa shape index (κ3) is 4.80. The molecule has 1 N–H and O–H groups in total. The Bertz CT molecular complexity index is 1350. The van der Waals surface area contributed by atoms with Crippen molar-refractivity contribution in [1.29, 1.82) is 0 Å². The number of alkyl halides is 3. The molecule has 0 fully saturated rings. The molecule has 2 aromatic carbocycles. The summed E-state index contributed by atoms with van der Waals surface area (Å²) in [6.07, 6.45) is -4.61. The van der Waals surface area contributed by atoms with Crippen LogP contribution >= 0.6 is 0 Å². The lowest BCUT2D eigenvalue weighted by atomic mass is 10.2. The molecule has 0 saturated carbocycles. The van der Waals surface area contributed by atoms with E-state index in [-0.39, 0.29) is 16.1 Å². The van der Waals surface area contributed by atoms with Crippen LogP contribution in [0.3, 0.4) is 0 Å². The van der Waals surface area contributed by atoms with E-state index in [2.05, 4.69) is 0 Å². The van der Waals surface area contributed by atoms with Crippen LogP contribution in [0.2, 0.25) is 0 Å². The number of aromatic nitrogens is 2. The van der Waals surface area contributed by atoms with Crippen LogP contribution in [0, 0.1) is 6.92 Å². The Hall–Kier alpha value is -3.54. The molecule has 12 heteroatoms. The van der Waals surface area contributed by atoms with Gasteiger partial charge in [-0.05, 0) is 37.3 Å². The Morgan fingerprint density at radius 1 is 1.09 bits per heavy atom. The number of hydrogen-bond acceptors (Lipinski definition) is 4. The van der Waals surface area contributed by atoms with Gasteiger partial charge in [0.25, 0.3) is 21.5 Å². The van der Waals surface area contributed by atoms with Gasteiger partial charge in [0.1, 0.15) is 12.2 Å². The van der Waals surface area contributed by atoms with Gasteiger partial charge in [-0.2, -0.15) is 13.2 Å². The summed E-state index contributed by atoms with van der Waals surface area (Å²) in [5, 5.41) is 1.70. The fraction of sp³-hybridized carbons (Fsp3) is 0.238. The predicted octanol–water partition coefficient (Wildman–Crippen LogP) is 2.60. The minimum atomic E-state index is -4.61. The molecule has 1 aromatic heterocycles. The second kappa shape index (κ2) is 8.77. The molecule has 176 valence electrons. The number of carbonyl (C=O) groups is 1. The molecular weight excluding hydrogens is 461 g/mol. The van der Waals surface area contributed by atoms with Gasteiger partial charge in [0, 0.05) is 19.7 Å². The number of anilines is 1. The van der Waals surface area contributed by atoms with Crippen molar-refractivity contribution in [3.8, 4) is 5.69 Å². The molecule has 0 radical (unpaired) electrons. The summed E-state index contributed by atoms with van der Waals surface area (Å²) in [5.74, 6) is -1.07. The van der Waals surface area contributed by atoms with Crippen molar-refractivity contribution in [2.24, 2.45) is 7.05 Å². The molecular formula is C21H21F3N4O4S. The lowest BCUT2D eigenvalue weighted by Gasteiger charge is -2.18. The summed E-state index contributed by atoms with van der Waals surface area (Å²) in [6.45, 7) is 0.0359. The average molecular weight is 482 g/mol. The zero-order chi connectivity index (χ0) is 24.6. The van der Waals surface area contributed by atoms with E-state index in [0.717, 1.165) is 10.4 Å². The molecule has 0 atom stereocenters. The van der Waals surface area contributed by atoms with Crippen molar-refractivity contribution in [1.82, 2.24) is 14.7 Å². The van der Waals surface area contributed by atoms with E-state index in [9.17, 15) is 31.2 Å². The van der Waals surface area contributed by atoms with Crippen LogP contribution in [-0.4, -0.2) is 43.5 Å². The van der Waals surface area contributed by atoms with Gasteiger partial charge in [0.2, 0.25) is 0 Å². The van der Waals surface area contributed by atoms with Gasteiger partial charge in [-0.15, -0.1) is 0 Å². The van der Waals surface area contributed by atoms with Gasteiger partial charge in [-0.3, -0.25) is 18.6 Å². The first kappa shape index (κ1) is 24.1. The standard InChI is InChI=1S/C21H21F3N4O4S/c1-14-18(20(30)28(26(14)2)16-9-5-4-6-10-16)27(3)33(31,32)17-11-7-8-15(12-17)19(29)25-13-21(22,23)24/h4-12H,13H2,1-3H3,(H,25,29). The van der Waals surface area contributed by atoms with Crippen LogP contribution < -0.4 is 15.2 Å². The summed E-state index contributed by atoms with van der Waals surface area (Å²) in [4.78, 5) is 24.8. The first-order valence-electron chi connectivity index (χ1n) is 9.62. The molecule has 1 heterocycles. The second-order valence-electron chi connectivity index (χ2n) is 7.21. The second-order valence-corrected chi connectivity index (χ2v) is 9.18. The largest absolute Gasteiger partial charge is 0.405 e. The molecule has 0 saturated heterocycles. The van der Waals surface area contributed by atoms with E-state index in [1.807, 2.05) is 0 Å². The number of nitrogens with one attached hydrogen (secondary N) is 1. The Labute approximate surface area is 187 Å². The molecule has 0 unspecified atom stereocenters. The molecule has 0 aliphatic rings. The number of carbonyl (C=O) groups excluding carboxylic acids is 1. The number of nitrogens with zero attached hydrogens (tertiary/aromatic N) is 3. The lowest BCUT2D eigenvalue weighted by molar-refractivity contribution is -0.123. The fourth-order valence-corrected chi connectivity index (χ4v) is 4.57. The third-order valence-corrected chi connectivity index (χ3v) is 6.80. The Kier molecular flexibility index (Phi) is 6.41. The summed E-state index contributed by atoms with van der Waals surface area (Å²) < 4.78 is 67.2. The summed E-state index contributed by atoms with van der Waals surface area (Å²) >= 11 is 0. The molecule has 33 heavy (non-hydrogen) atoms. The maximum Gasteiger partial charge on any atom is 0.405 e. The highest BCUT2D eigenvalue weighted by Gasteiger charge is 2.30. The fourth-order valence-electron chi connectivity index (χ4n) is 3.28. The van der Waals surface area contributed by atoms with E-state index in [4.69, 9.17) is 0 Å². The van der Waals surface area contributed by atoms with Gasteiger partial charge >= 0.3 is 6.18 Å². The number of sulfonamides is 1. The Balaban J connectivity index is 2.00. The molecule has 0 bridgehead atoms. The molecule has 0 aliphatic carbocycles. The van der Waals surface area contributed by atoms with Crippen LogP contribution in [0.15, 0.2) is 64.3 Å². The van der Waals surface area contributed by atoms with E-state index in [0.29, 0.717) is 11.4 Å². The van der Waals surface area contributed by atoms with Gasteiger partial charge in [0.05, 0.1) is 16.3 Å². The van der Waals surface area contributed by atoms with E-state index in [1.54, 1.807) is 49.6 Å². The Morgan fingerprint density at radius 2 is 1.73 bits per heavy atom. The number of halogens is 3. The van der Waals surface area contributed by atoms with Crippen molar-refractivity contribution >= 4 is 21.6 Å². The maximum atomic E-state index is 13.2. The van der Waals surface area contributed by atoms with Crippen molar-refractivity contribution in [3.63, 3.8) is 0 Å². The zero-order valence-electron chi connectivity index (χ0n) is 17.9. The molecule has 3 rings (SSSR count). The third-order valence-electron chi connectivity index (χ3n) is 5.04. The van der Waals surface area contributed by atoms with Crippen molar-refractivity contribution in [3.05, 3.63) is 76.2 Å². The van der Waals surface area contributed by atoms with Crippen molar-refractivity contribution < 1.29 is 26.4 Å². The first-order chi connectivity index (χ1) is 15.3. The summed E-state index contributed by atoms with van der Waals surface area (Å²) in [5.41, 5.74) is -0.0395. The van der Waals surface area contributed by atoms with Gasteiger partial charge in [0.15, 0.2) is 0 Å². The van der Waals surface area contributed by atoms with Crippen LogP contribution in [0.25, 0.3) is 5.69 Å². The van der Waals surface area contributed by atoms with Gasteiger partial charge < -0.3 is 5.32 Å². The minimum Gasteiger partial charge on any atom is -0.343 e. The predicted molar refractivity (Wildman–Crippen MR) is 116 cm³/mol. The normalized spacial score (nSPS) is 11.9.